The van der Waals surface area contributed by atoms with Crippen LogP contribution in [0.3, 0.4) is 0 Å². The SMILES string of the molecule is CCCCCCCCCCCCCCCCCC(=O)NCCCSc1ccccn1. The molecule has 0 saturated heterocycles. The van der Waals surface area contributed by atoms with Gasteiger partial charge in [-0.15, -0.1) is 11.8 Å². The number of nitrogens with one attached hydrogen (secondary N) is 1. The van der Waals surface area contributed by atoms with Gasteiger partial charge in [0.15, 0.2) is 0 Å². The van der Waals surface area contributed by atoms with Gasteiger partial charge in [0.2, 0.25) is 5.91 Å². The van der Waals surface area contributed by atoms with Crippen LogP contribution in [0.5, 0.6) is 0 Å². The number of hydrogen-bond acceptors (Lipinski definition) is 3. The zero-order chi connectivity index (χ0) is 21.5. The number of carbonyl (C=O) groups is 1. The monoisotopic (exact) mass is 434 g/mol. The van der Waals surface area contributed by atoms with E-state index >= 15 is 0 Å². The van der Waals surface area contributed by atoms with Crippen molar-refractivity contribution in [2.75, 3.05) is 12.3 Å². The number of rotatable bonds is 21. The second kappa shape index (κ2) is 21.2. The van der Waals surface area contributed by atoms with Crippen molar-refractivity contribution in [2.24, 2.45) is 0 Å². The fraction of sp³-hybridized carbons (Fsp3) is 0.769. The van der Waals surface area contributed by atoms with E-state index in [2.05, 4.69) is 17.2 Å². The molecule has 1 N–H and O–H groups in total. The summed E-state index contributed by atoms with van der Waals surface area (Å²) < 4.78 is 0. The third-order valence-electron chi connectivity index (χ3n) is 5.54. The number of hydrogen-bond donors (Lipinski definition) is 1. The maximum atomic E-state index is 11.9. The molecule has 1 amide bonds. The average molecular weight is 435 g/mol. The van der Waals surface area contributed by atoms with E-state index < -0.39 is 0 Å². The first-order valence-corrected chi connectivity index (χ1v) is 13.6. The standard InChI is InChI=1S/C26H46N2OS/c1-2-3-4-5-6-7-8-9-10-11-12-13-14-15-16-20-25(29)27-23-19-24-30-26-21-17-18-22-28-26/h17-18,21-22H,2-16,19-20,23-24H2,1H3,(H,27,29). The number of aromatic nitrogens is 1. The highest BCUT2D eigenvalue weighted by molar-refractivity contribution is 7.99. The summed E-state index contributed by atoms with van der Waals surface area (Å²) in [6, 6.07) is 5.97. The van der Waals surface area contributed by atoms with Crippen LogP contribution < -0.4 is 5.32 Å². The number of pyridine rings is 1. The molecular weight excluding hydrogens is 388 g/mol. The van der Waals surface area contributed by atoms with Crippen molar-refractivity contribution in [2.45, 2.75) is 121 Å². The lowest BCUT2D eigenvalue weighted by Gasteiger charge is -2.05. The van der Waals surface area contributed by atoms with Crippen LogP contribution in [-0.4, -0.2) is 23.2 Å². The molecule has 0 fully saturated rings. The highest BCUT2D eigenvalue weighted by atomic mass is 32.2. The molecule has 0 unspecified atom stereocenters. The van der Waals surface area contributed by atoms with E-state index in [9.17, 15) is 4.79 Å². The molecule has 1 rings (SSSR count). The van der Waals surface area contributed by atoms with Crippen LogP contribution in [-0.2, 0) is 4.79 Å². The van der Waals surface area contributed by atoms with Crippen molar-refractivity contribution in [1.29, 1.82) is 0 Å². The Bertz CT molecular complexity index is 495. The Labute approximate surface area is 190 Å². The van der Waals surface area contributed by atoms with Crippen molar-refractivity contribution in [3.05, 3.63) is 24.4 Å². The number of thioether (sulfide) groups is 1. The molecule has 172 valence electrons. The van der Waals surface area contributed by atoms with Gasteiger partial charge in [-0.3, -0.25) is 4.79 Å². The van der Waals surface area contributed by atoms with Crippen LogP contribution in [0.4, 0.5) is 0 Å². The molecule has 1 aromatic heterocycles. The molecule has 0 bridgehead atoms. The van der Waals surface area contributed by atoms with E-state index in [1.165, 1.54) is 89.9 Å². The van der Waals surface area contributed by atoms with Gasteiger partial charge >= 0.3 is 0 Å². The summed E-state index contributed by atoms with van der Waals surface area (Å²) >= 11 is 1.75. The van der Waals surface area contributed by atoms with E-state index in [-0.39, 0.29) is 5.91 Å². The van der Waals surface area contributed by atoms with Crippen molar-refractivity contribution >= 4 is 17.7 Å². The van der Waals surface area contributed by atoms with E-state index in [0.717, 1.165) is 30.2 Å². The molecule has 4 heteroatoms. The summed E-state index contributed by atoms with van der Waals surface area (Å²) in [6.45, 7) is 3.06. The molecule has 3 nitrogen and oxygen atoms in total. The highest BCUT2D eigenvalue weighted by Crippen LogP contribution is 2.15. The van der Waals surface area contributed by atoms with Gasteiger partial charge in [-0.05, 0) is 25.0 Å². The minimum atomic E-state index is 0.215. The van der Waals surface area contributed by atoms with E-state index in [1.807, 2.05) is 24.4 Å². The van der Waals surface area contributed by atoms with Crippen LogP contribution >= 0.6 is 11.8 Å². The zero-order valence-corrected chi connectivity index (χ0v) is 20.3. The predicted octanol–water partition coefficient (Wildman–Crippen LogP) is 7.94. The van der Waals surface area contributed by atoms with E-state index in [4.69, 9.17) is 0 Å². The topological polar surface area (TPSA) is 42.0 Å². The molecule has 0 aliphatic heterocycles. The summed E-state index contributed by atoms with van der Waals surface area (Å²) in [5.41, 5.74) is 0. The van der Waals surface area contributed by atoms with Crippen LogP contribution in [0.1, 0.15) is 116 Å². The Morgan fingerprint density at radius 3 is 1.90 bits per heavy atom. The molecular formula is C26H46N2OS. The van der Waals surface area contributed by atoms with Gasteiger partial charge in [0.25, 0.3) is 0 Å². The van der Waals surface area contributed by atoms with Crippen LogP contribution in [0.25, 0.3) is 0 Å². The first kappa shape index (κ1) is 27.0. The molecule has 0 spiro atoms. The van der Waals surface area contributed by atoms with Crippen LogP contribution in [0.15, 0.2) is 29.4 Å². The van der Waals surface area contributed by atoms with Crippen molar-refractivity contribution in [1.82, 2.24) is 10.3 Å². The Balaban J connectivity index is 1.74. The van der Waals surface area contributed by atoms with Gasteiger partial charge in [0.1, 0.15) is 0 Å². The molecule has 0 radical (unpaired) electrons. The lowest BCUT2D eigenvalue weighted by molar-refractivity contribution is -0.121. The van der Waals surface area contributed by atoms with Crippen molar-refractivity contribution in [3.8, 4) is 0 Å². The van der Waals surface area contributed by atoms with Crippen LogP contribution in [0.2, 0.25) is 0 Å². The first-order chi connectivity index (χ1) is 14.8. The van der Waals surface area contributed by atoms with E-state index in [0.29, 0.717) is 6.42 Å². The van der Waals surface area contributed by atoms with Crippen LogP contribution in [0, 0.1) is 0 Å². The Kier molecular flexibility index (Phi) is 19.1. The molecule has 0 aliphatic rings. The quantitative estimate of drug-likeness (QED) is 0.158. The first-order valence-electron chi connectivity index (χ1n) is 12.6. The third-order valence-corrected chi connectivity index (χ3v) is 6.57. The smallest absolute Gasteiger partial charge is 0.219 e. The molecule has 1 heterocycles. The van der Waals surface area contributed by atoms with E-state index in [1.54, 1.807) is 11.8 Å². The fourth-order valence-corrected chi connectivity index (χ4v) is 4.46. The molecule has 0 aliphatic carbocycles. The van der Waals surface area contributed by atoms with Gasteiger partial charge in [-0.2, -0.15) is 0 Å². The summed E-state index contributed by atoms with van der Waals surface area (Å²) in [5, 5.41) is 4.10. The number of carbonyl (C=O) groups excluding carboxylic acids is 1. The van der Waals surface area contributed by atoms with Crippen molar-refractivity contribution < 1.29 is 4.79 Å². The maximum Gasteiger partial charge on any atom is 0.219 e. The molecule has 0 aromatic carbocycles. The van der Waals surface area contributed by atoms with Gasteiger partial charge in [0, 0.05) is 24.9 Å². The molecule has 0 atom stereocenters. The summed E-state index contributed by atoms with van der Waals surface area (Å²) in [6.07, 6.45) is 23.9. The summed E-state index contributed by atoms with van der Waals surface area (Å²) in [7, 11) is 0. The van der Waals surface area contributed by atoms with Gasteiger partial charge < -0.3 is 5.32 Å². The molecule has 30 heavy (non-hydrogen) atoms. The number of amides is 1. The second-order valence-corrected chi connectivity index (χ2v) is 9.53. The van der Waals surface area contributed by atoms with Gasteiger partial charge in [-0.25, -0.2) is 4.98 Å². The summed E-state index contributed by atoms with van der Waals surface area (Å²) in [5.74, 6) is 1.21. The fourth-order valence-electron chi connectivity index (χ4n) is 3.65. The number of nitrogens with zero attached hydrogens (tertiary/aromatic N) is 1. The second-order valence-electron chi connectivity index (χ2n) is 8.42. The largest absolute Gasteiger partial charge is 0.356 e. The Morgan fingerprint density at radius 2 is 1.37 bits per heavy atom. The Hall–Kier alpha value is -1.03. The summed E-state index contributed by atoms with van der Waals surface area (Å²) in [4.78, 5) is 16.2. The highest BCUT2D eigenvalue weighted by Gasteiger charge is 2.01. The molecule has 1 aromatic rings. The Morgan fingerprint density at radius 1 is 0.800 bits per heavy atom. The lowest BCUT2D eigenvalue weighted by Crippen LogP contribution is -2.24. The zero-order valence-electron chi connectivity index (χ0n) is 19.5. The normalized spacial score (nSPS) is 11.0. The third kappa shape index (κ3) is 17.8. The lowest BCUT2D eigenvalue weighted by atomic mass is 10.0. The van der Waals surface area contributed by atoms with Gasteiger partial charge in [-0.1, -0.05) is 103 Å². The molecule has 0 saturated carbocycles. The average Bonchev–Trinajstić information content (AvgIpc) is 2.77. The van der Waals surface area contributed by atoms with Gasteiger partial charge in [0.05, 0.1) is 5.03 Å². The minimum absolute atomic E-state index is 0.215. The minimum Gasteiger partial charge on any atom is -0.356 e. The predicted molar refractivity (Wildman–Crippen MR) is 132 cm³/mol. The maximum absolute atomic E-state index is 11.9. The number of unbranched alkanes of at least 4 members (excludes halogenated alkanes) is 14. The van der Waals surface area contributed by atoms with Crippen molar-refractivity contribution in [3.63, 3.8) is 0 Å².